The molecule has 0 saturated carbocycles. The zero-order valence-electron chi connectivity index (χ0n) is 11.0. The zero-order valence-corrected chi connectivity index (χ0v) is 11.0. The van der Waals surface area contributed by atoms with E-state index < -0.39 is 5.82 Å². The molecule has 0 fully saturated rings. The molecule has 0 atom stereocenters. The van der Waals surface area contributed by atoms with Crippen molar-refractivity contribution in [3.63, 3.8) is 0 Å². The average molecular weight is 285 g/mol. The number of nitrogens with zero attached hydrogens (tertiary/aromatic N) is 2. The number of rotatable bonds is 3. The second kappa shape index (κ2) is 7.12. The number of aromatic nitrogens is 2. The summed E-state index contributed by atoms with van der Waals surface area (Å²) in [6.07, 6.45) is 3.01. The first-order valence-corrected chi connectivity index (χ1v) is 6.18. The van der Waals surface area contributed by atoms with Crippen molar-refractivity contribution in [2.24, 2.45) is 0 Å². The molecule has 2 aromatic rings. The molecule has 1 amide bonds. The predicted octanol–water partition coefficient (Wildman–Crippen LogP) is 1.60. The number of benzene rings is 1. The molecule has 0 saturated heterocycles. The minimum atomic E-state index is -0.452. The first-order chi connectivity index (χ1) is 10.2. The van der Waals surface area contributed by atoms with E-state index in [-0.39, 0.29) is 18.9 Å². The molecule has 1 aromatic heterocycles. The highest BCUT2D eigenvalue weighted by Crippen LogP contribution is 2.17. The van der Waals surface area contributed by atoms with Gasteiger partial charge in [-0.2, -0.15) is 10.2 Å². The molecular weight excluding hydrogens is 273 g/mol. The van der Waals surface area contributed by atoms with Gasteiger partial charge in [0.15, 0.2) is 0 Å². The third-order valence-electron chi connectivity index (χ3n) is 2.54. The van der Waals surface area contributed by atoms with Crippen molar-refractivity contribution in [2.75, 3.05) is 11.9 Å². The topological polar surface area (TPSA) is 75.1 Å². The van der Waals surface area contributed by atoms with E-state index in [2.05, 4.69) is 27.4 Å². The van der Waals surface area contributed by atoms with Gasteiger partial charge in [-0.25, -0.2) is 4.39 Å². The van der Waals surface area contributed by atoms with Crippen molar-refractivity contribution < 1.29 is 14.3 Å². The van der Waals surface area contributed by atoms with Gasteiger partial charge in [0, 0.05) is 6.42 Å². The van der Waals surface area contributed by atoms with Crippen molar-refractivity contribution in [2.45, 2.75) is 6.42 Å². The molecule has 21 heavy (non-hydrogen) atoms. The predicted molar refractivity (Wildman–Crippen MR) is 75.0 cm³/mol. The highest BCUT2D eigenvalue weighted by Gasteiger charge is 2.09. The van der Waals surface area contributed by atoms with Crippen molar-refractivity contribution >= 4 is 11.6 Å². The second-order valence-electron chi connectivity index (χ2n) is 4.05. The number of nitrogens with one attached hydrogen (secondary N) is 1. The molecule has 1 aromatic carbocycles. The molecule has 0 aliphatic rings. The zero-order chi connectivity index (χ0) is 15.1. The molecule has 0 radical (unpaired) electrons. The molecule has 0 bridgehead atoms. The van der Waals surface area contributed by atoms with Gasteiger partial charge < -0.3 is 10.4 Å². The summed E-state index contributed by atoms with van der Waals surface area (Å²) >= 11 is 0. The third-order valence-corrected chi connectivity index (χ3v) is 2.54. The molecule has 0 spiro atoms. The van der Waals surface area contributed by atoms with Gasteiger partial charge in [-0.3, -0.25) is 4.79 Å². The Bertz CT molecular complexity index is 693. The molecule has 2 rings (SSSR count). The number of carbonyl (C=O) groups excluding carboxylic acids is 1. The quantitative estimate of drug-likeness (QED) is 0.840. The lowest BCUT2D eigenvalue weighted by Gasteiger charge is -2.07. The Morgan fingerprint density at radius 2 is 2.19 bits per heavy atom. The molecule has 2 N–H and O–H groups in total. The molecule has 0 unspecified atom stereocenters. The van der Waals surface area contributed by atoms with Crippen LogP contribution in [0.4, 0.5) is 10.1 Å². The van der Waals surface area contributed by atoms with E-state index in [4.69, 9.17) is 5.11 Å². The van der Waals surface area contributed by atoms with Crippen LogP contribution in [-0.4, -0.2) is 27.8 Å². The van der Waals surface area contributed by atoms with E-state index in [0.717, 1.165) is 0 Å². The Balaban J connectivity index is 2.24. The maximum absolute atomic E-state index is 13.3. The maximum Gasteiger partial charge on any atom is 0.257 e. The highest BCUT2D eigenvalue weighted by molar-refractivity contribution is 6.04. The van der Waals surface area contributed by atoms with E-state index in [9.17, 15) is 9.18 Å². The lowest BCUT2D eigenvalue weighted by atomic mass is 10.1. The number of anilines is 1. The number of hydrogen-bond acceptors (Lipinski definition) is 4. The minimum Gasteiger partial charge on any atom is -0.395 e. The van der Waals surface area contributed by atoms with Crippen LogP contribution < -0.4 is 5.32 Å². The lowest BCUT2D eigenvalue weighted by molar-refractivity contribution is 0.102. The van der Waals surface area contributed by atoms with Crippen LogP contribution in [0.2, 0.25) is 0 Å². The fourth-order valence-corrected chi connectivity index (χ4v) is 1.56. The molecule has 0 aliphatic carbocycles. The summed E-state index contributed by atoms with van der Waals surface area (Å²) in [6, 6.07) is 5.41. The van der Waals surface area contributed by atoms with Crippen LogP contribution >= 0.6 is 0 Å². The molecule has 5 nitrogen and oxygen atoms in total. The van der Waals surface area contributed by atoms with Crippen LogP contribution in [0.1, 0.15) is 22.3 Å². The van der Waals surface area contributed by atoms with E-state index in [1.807, 2.05) is 0 Å². The van der Waals surface area contributed by atoms with E-state index >= 15 is 0 Å². The van der Waals surface area contributed by atoms with Crippen molar-refractivity contribution in [3.8, 4) is 11.8 Å². The van der Waals surface area contributed by atoms with Gasteiger partial charge in [-0.15, -0.1) is 0 Å². The number of carbonyl (C=O) groups is 1. The van der Waals surface area contributed by atoms with Crippen molar-refractivity contribution in [1.82, 2.24) is 10.2 Å². The SMILES string of the molecule is O=C(Nc1ccc(F)cc1C#CCCO)c1ccnnc1. The van der Waals surface area contributed by atoms with Crippen LogP contribution in [0, 0.1) is 17.7 Å². The van der Waals surface area contributed by atoms with Gasteiger partial charge >= 0.3 is 0 Å². The fraction of sp³-hybridized carbons (Fsp3) is 0.133. The summed E-state index contributed by atoms with van der Waals surface area (Å²) in [7, 11) is 0. The Kier molecular flexibility index (Phi) is 4.96. The fourth-order valence-electron chi connectivity index (χ4n) is 1.56. The van der Waals surface area contributed by atoms with Gasteiger partial charge in [0.1, 0.15) is 5.82 Å². The summed E-state index contributed by atoms with van der Waals surface area (Å²) in [5.41, 5.74) is 1.08. The monoisotopic (exact) mass is 285 g/mol. The van der Waals surface area contributed by atoms with Gasteiger partial charge in [0.2, 0.25) is 0 Å². The van der Waals surface area contributed by atoms with Crippen molar-refractivity contribution in [3.05, 3.63) is 53.6 Å². The van der Waals surface area contributed by atoms with E-state index in [0.29, 0.717) is 16.8 Å². The maximum atomic E-state index is 13.3. The van der Waals surface area contributed by atoms with Gasteiger partial charge in [0.05, 0.1) is 35.8 Å². The summed E-state index contributed by atoms with van der Waals surface area (Å²) in [5.74, 6) is 4.57. The Hall–Kier alpha value is -2.78. The van der Waals surface area contributed by atoms with Crippen LogP contribution in [0.5, 0.6) is 0 Å². The number of aliphatic hydroxyl groups excluding tert-OH is 1. The summed E-state index contributed by atoms with van der Waals surface area (Å²) in [6.45, 7) is -0.0767. The summed E-state index contributed by atoms with van der Waals surface area (Å²) in [4.78, 5) is 12.0. The Morgan fingerprint density at radius 1 is 1.33 bits per heavy atom. The largest absolute Gasteiger partial charge is 0.395 e. The van der Waals surface area contributed by atoms with E-state index in [1.165, 1.54) is 36.7 Å². The molecule has 0 aliphatic heterocycles. The number of amides is 1. The summed E-state index contributed by atoms with van der Waals surface area (Å²) < 4.78 is 13.3. The van der Waals surface area contributed by atoms with Crippen LogP contribution in [0.25, 0.3) is 0 Å². The Morgan fingerprint density at radius 3 is 2.90 bits per heavy atom. The second-order valence-corrected chi connectivity index (χ2v) is 4.05. The molecule has 1 heterocycles. The smallest absolute Gasteiger partial charge is 0.257 e. The van der Waals surface area contributed by atoms with Crippen molar-refractivity contribution in [1.29, 1.82) is 0 Å². The first kappa shape index (κ1) is 14.6. The highest BCUT2D eigenvalue weighted by atomic mass is 19.1. The van der Waals surface area contributed by atoms with E-state index in [1.54, 1.807) is 0 Å². The summed E-state index contributed by atoms with van der Waals surface area (Å²) in [5, 5.41) is 18.6. The first-order valence-electron chi connectivity index (χ1n) is 6.18. The average Bonchev–Trinajstić information content (AvgIpc) is 2.51. The number of hydrogen-bond donors (Lipinski definition) is 2. The lowest BCUT2D eigenvalue weighted by Crippen LogP contribution is -2.13. The number of halogens is 1. The van der Waals surface area contributed by atoms with Gasteiger partial charge in [0.25, 0.3) is 5.91 Å². The normalized spacial score (nSPS) is 9.62. The van der Waals surface area contributed by atoms with Crippen LogP contribution in [0.3, 0.4) is 0 Å². The Labute approximate surface area is 120 Å². The van der Waals surface area contributed by atoms with Crippen LogP contribution in [0.15, 0.2) is 36.7 Å². The third kappa shape index (κ3) is 4.09. The van der Waals surface area contributed by atoms with Gasteiger partial charge in [-0.05, 0) is 24.3 Å². The molecular formula is C15H12FN3O2. The van der Waals surface area contributed by atoms with Crippen LogP contribution in [-0.2, 0) is 0 Å². The minimum absolute atomic E-state index is 0.0767. The van der Waals surface area contributed by atoms with Gasteiger partial charge in [-0.1, -0.05) is 11.8 Å². The molecule has 6 heteroatoms. The standard InChI is InChI=1S/C15H12FN3O2/c16-13-4-5-14(11(9-13)3-1-2-8-20)19-15(21)12-6-7-17-18-10-12/h4-7,9-10,20H,2,8H2,(H,19,21). The number of aliphatic hydroxyl groups is 1. The molecule has 106 valence electrons.